The van der Waals surface area contributed by atoms with E-state index in [1.54, 1.807) is 6.07 Å². The monoisotopic (exact) mass is 292 g/mol. The fraction of sp³-hybridized carbons (Fsp3) is 0.500. The van der Waals surface area contributed by atoms with Crippen LogP contribution in [0.3, 0.4) is 0 Å². The van der Waals surface area contributed by atoms with Gasteiger partial charge in [0.15, 0.2) is 0 Å². The van der Waals surface area contributed by atoms with E-state index in [1.807, 2.05) is 29.9 Å². The Balaban J connectivity index is 2.04. The Labute approximate surface area is 123 Å². The standard InChI is InChI=1S/C14H20N4O3/c1-10(2)14-11(8-17(4)15-14)7-16(3)9-12-5-6-13(21-12)18(19)20/h5-6,8,10H,7,9H2,1-4H3. The first-order chi connectivity index (χ1) is 9.86. The fourth-order valence-electron chi connectivity index (χ4n) is 2.33. The van der Waals surface area contributed by atoms with Crippen LogP contribution >= 0.6 is 0 Å². The van der Waals surface area contributed by atoms with Gasteiger partial charge in [0, 0.05) is 25.4 Å². The van der Waals surface area contributed by atoms with Gasteiger partial charge in [-0.15, -0.1) is 0 Å². The highest BCUT2D eigenvalue weighted by Gasteiger charge is 2.16. The fourth-order valence-corrected chi connectivity index (χ4v) is 2.33. The van der Waals surface area contributed by atoms with E-state index in [0.29, 0.717) is 18.2 Å². The molecular formula is C14H20N4O3. The van der Waals surface area contributed by atoms with Crippen LogP contribution < -0.4 is 0 Å². The molecule has 21 heavy (non-hydrogen) atoms. The summed E-state index contributed by atoms with van der Waals surface area (Å²) in [5.74, 6) is 0.723. The molecule has 0 aromatic carbocycles. The number of nitrogens with zero attached hydrogens (tertiary/aromatic N) is 4. The minimum atomic E-state index is -0.526. The van der Waals surface area contributed by atoms with E-state index in [9.17, 15) is 10.1 Å². The van der Waals surface area contributed by atoms with Gasteiger partial charge in [-0.1, -0.05) is 13.8 Å². The quantitative estimate of drug-likeness (QED) is 0.604. The van der Waals surface area contributed by atoms with Crippen molar-refractivity contribution in [2.75, 3.05) is 7.05 Å². The van der Waals surface area contributed by atoms with E-state index in [1.165, 1.54) is 6.07 Å². The van der Waals surface area contributed by atoms with Crippen LogP contribution in [0, 0.1) is 10.1 Å². The molecule has 0 N–H and O–H groups in total. The molecule has 0 bridgehead atoms. The lowest BCUT2D eigenvalue weighted by Crippen LogP contribution is -2.17. The van der Waals surface area contributed by atoms with Crippen molar-refractivity contribution in [3.8, 4) is 0 Å². The molecule has 2 rings (SSSR count). The maximum absolute atomic E-state index is 10.6. The lowest BCUT2D eigenvalue weighted by atomic mass is 10.1. The number of nitro groups is 1. The van der Waals surface area contributed by atoms with Gasteiger partial charge in [-0.3, -0.25) is 19.7 Å². The summed E-state index contributed by atoms with van der Waals surface area (Å²) >= 11 is 0. The zero-order valence-corrected chi connectivity index (χ0v) is 12.7. The van der Waals surface area contributed by atoms with Crippen molar-refractivity contribution in [1.29, 1.82) is 0 Å². The molecule has 0 radical (unpaired) electrons. The number of furan rings is 1. The summed E-state index contributed by atoms with van der Waals surface area (Å²) in [6, 6.07) is 3.02. The molecule has 0 aliphatic heterocycles. The Morgan fingerprint density at radius 3 is 2.71 bits per heavy atom. The van der Waals surface area contributed by atoms with E-state index in [2.05, 4.69) is 18.9 Å². The van der Waals surface area contributed by atoms with Crippen LogP contribution in [0.1, 0.15) is 36.8 Å². The smallest absolute Gasteiger partial charge is 0.404 e. The van der Waals surface area contributed by atoms with E-state index in [0.717, 1.165) is 17.8 Å². The molecular weight excluding hydrogens is 272 g/mol. The predicted molar refractivity (Wildman–Crippen MR) is 77.8 cm³/mol. The van der Waals surface area contributed by atoms with Gasteiger partial charge in [-0.05, 0) is 19.0 Å². The van der Waals surface area contributed by atoms with Crippen LogP contribution in [0.25, 0.3) is 0 Å². The number of rotatable bonds is 6. The minimum absolute atomic E-state index is 0.220. The zero-order valence-electron chi connectivity index (χ0n) is 12.7. The number of aromatic nitrogens is 2. The molecule has 7 nitrogen and oxygen atoms in total. The first-order valence-corrected chi connectivity index (χ1v) is 6.81. The second-order valence-electron chi connectivity index (χ2n) is 5.54. The van der Waals surface area contributed by atoms with Crippen molar-refractivity contribution in [3.63, 3.8) is 0 Å². The summed E-state index contributed by atoms with van der Waals surface area (Å²) < 4.78 is 6.99. The zero-order chi connectivity index (χ0) is 15.6. The van der Waals surface area contributed by atoms with Crippen molar-refractivity contribution >= 4 is 5.88 Å². The average molecular weight is 292 g/mol. The molecule has 0 fully saturated rings. The highest BCUT2D eigenvalue weighted by atomic mass is 16.6. The Bertz CT molecular complexity index is 630. The van der Waals surface area contributed by atoms with E-state index < -0.39 is 4.92 Å². The second-order valence-corrected chi connectivity index (χ2v) is 5.54. The average Bonchev–Trinajstić information content (AvgIpc) is 2.96. The molecule has 0 saturated heterocycles. The molecule has 2 aromatic heterocycles. The molecule has 0 atom stereocenters. The van der Waals surface area contributed by atoms with Crippen LogP contribution in [0.5, 0.6) is 0 Å². The third-order valence-electron chi connectivity index (χ3n) is 3.18. The molecule has 0 unspecified atom stereocenters. The Morgan fingerprint density at radius 2 is 2.14 bits per heavy atom. The summed E-state index contributed by atoms with van der Waals surface area (Å²) in [5, 5.41) is 15.1. The van der Waals surface area contributed by atoms with Gasteiger partial charge < -0.3 is 4.42 Å². The van der Waals surface area contributed by atoms with Crippen LogP contribution in [-0.2, 0) is 20.1 Å². The second kappa shape index (κ2) is 6.09. The predicted octanol–water partition coefficient (Wildman–Crippen LogP) is 2.68. The van der Waals surface area contributed by atoms with Crippen molar-refractivity contribution in [3.05, 3.63) is 45.5 Å². The topological polar surface area (TPSA) is 77.3 Å². The van der Waals surface area contributed by atoms with Crippen LogP contribution in [0.15, 0.2) is 22.7 Å². The summed E-state index contributed by atoms with van der Waals surface area (Å²) in [7, 11) is 3.86. The number of aryl methyl sites for hydroxylation is 1. The van der Waals surface area contributed by atoms with Gasteiger partial charge in [0.2, 0.25) is 0 Å². The SMILES string of the molecule is CC(C)c1nn(C)cc1CN(C)Cc1ccc([N+](=O)[O-])o1. The molecule has 114 valence electrons. The Morgan fingerprint density at radius 1 is 1.43 bits per heavy atom. The summed E-state index contributed by atoms with van der Waals surface area (Å²) in [5.41, 5.74) is 2.24. The van der Waals surface area contributed by atoms with Crippen molar-refractivity contribution in [2.45, 2.75) is 32.9 Å². The molecule has 7 heteroatoms. The molecule has 0 amide bonds. The van der Waals surface area contributed by atoms with Crippen LogP contribution in [0.4, 0.5) is 5.88 Å². The van der Waals surface area contributed by atoms with Gasteiger partial charge in [0.25, 0.3) is 0 Å². The summed E-state index contributed by atoms with van der Waals surface area (Å²) in [4.78, 5) is 12.1. The van der Waals surface area contributed by atoms with Crippen LogP contribution in [0.2, 0.25) is 0 Å². The highest BCUT2D eigenvalue weighted by molar-refractivity contribution is 5.21. The van der Waals surface area contributed by atoms with Crippen molar-refractivity contribution < 1.29 is 9.34 Å². The van der Waals surface area contributed by atoms with Gasteiger partial charge >= 0.3 is 5.88 Å². The molecule has 0 aliphatic carbocycles. The van der Waals surface area contributed by atoms with E-state index in [4.69, 9.17) is 4.42 Å². The molecule has 0 aliphatic rings. The van der Waals surface area contributed by atoms with Gasteiger partial charge in [0.05, 0.1) is 18.3 Å². The summed E-state index contributed by atoms with van der Waals surface area (Å²) in [6.45, 7) is 5.46. The lowest BCUT2D eigenvalue weighted by Gasteiger charge is -2.15. The van der Waals surface area contributed by atoms with E-state index >= 15 is 0 Å². The van der Waals surface area contributed by atoms with E-state index in [-0.39, 0.29) is 5.88 Å². The van der Waals surface area contributed by atoms with Crippen molar-refractivity contribution in [1.82, 2.24) is 14.7 Å². The van der Waals surface area contributed by atoms with Crippen LogP contribution in [-0.4, -0.2) is 26.7 Å². The third kappa shape index (κ3) is 3.69. The Hall–Kier alpha value is -2.15. The first-order valence-electron chi connectivity index (χ1n) is 6.81. The Kier molecular flexibility index (Phi) is 4.42. The molecule has 0 spiro atoms. The third-order valence-corrected chi connectivity index (χ3v) is 3.18. The summed E-state index contributed by atoms with van der Waals surface area (Å²) in [6.07, 6.45) is 2.01. The first kappa shape index (κ1) is 15.2. The number of hydrogen-bond donors (Lipinski definition) is 0. The number of hydrogen-bond acceptors (Lipinski definition) is 5. The highest BCUT2D eigenvalue weighted by Crippen LogP contribution is 2.21. The minimum Gasteiger partial charge on any atom is -0.404 e. The van der Waals surface area contributed by atoms with Crippen molar-refractivity contribution in [2.24, 2.45) is 7.05 Å². The molecule has 2 heterocycles. The van der Waals surface area contributed by atoms with Gasteiger partial charge in [-0.2, -0.15) is 5.10 Å². The van der Waals surface area contributed by atoms with Gasteiger partial charge in [0.1, 0.15) is 10.7 Å². The maximum atomic E-state index is 10.6. The molecule has 2 aromatic rings. The normalized spacial score (nSPS) is 11.5. The van der Waals surface area contributed by atoms with Gasteiger partial charge in [-0.25, -0.2) is 0 Å². The molecule has 0 saturated carbocycles. The largest absolute Gasteiger partial charge is 0.433 e. The lowest BCUT2D eigenvalue weighted by molar-refractivity contribution is -0.402. The maximum Gasteiger partial charge on any atom is 0.433 e.